The van der Waals surface area contributed by atoms with E-state index in [1.807, 2.05) is 18.2 Å². The standard InChI is InChI=1S/C20H28O2/c1-3-5-6-14-22-19-12-10-16(11-13-19)18-9-8-17(7-4-2)20(21)15-18/h10-13,15,17H,3-9,14H2,1-2H3. The molecule has 0 fully saturated rings. The lowest BCUT2D eigenvalue weighted by atomic mass is 9.83. The summed E-state index contributed by atoms with van der Waals surface area (Å²) in [4.78, 5) is 12.1. The van der Waals surface area contributed by atoms with Crippen molar-refractivity contribution in [1.82, 2.24) is 0 Å². The average molecular weight is 300 g/mol. The van der Waals surface area contributed by atoms with Gasteiger partial charge in [-0.15, -0.1) is 0 Å². The van der Waals surface area contributed by atoms with E-state index >= 15 is 0 Å². The lowest BCUT2D eigenvalue weighted by Gasteiger charge is -2.20. The first-order chi connectivity index (χ1) is 10.7. The molecule has 0 aliphatic heterocycles. The van der Waals surface area contributed by atoms with Crippen molar-refractivity contribution in [3.63, 3.8) is 0 Å². The number of ketones is 1. The van der Waals surface area contributed by atoms with Gasteiger partial charge in [-0.3, -0.25) is 4.79 Å². The van der Waals surface area contributed by atoms with Crippen molar-refractivity contribution in [3.05, 3.63) is 35.9 Å². The summed E-state index contributed by atoms with van der Waals surface area (Å²) in [5.41, 5.74) is 2.33. The van der Waals surface area contributed by atoms with Crippen LogP contribution in [0.15, 0.2) is 30.3 Å². The molecule has 1 atom stereocenters. The molecule has 2 rings (SSSR count). The van der Waals surface area contributed by atoms with E-state index in [4.69, 9.17) is 4.74 Å². The van der Waals surface area contributed by atoms with Crippen LogP contribution in [-0.2, 0) is 4.79 Å². The number of ether oxygens (including phenoxy) is 1. The predicted molar refractivity (Wildman–Crippen MR) is 92.1 cm³/mol. The molecular formula is C20H28O2. The summed E-state index contributed by atoms with van der Waals surface area (Å²) in [6.07, 6.45) is 9.50. The molecule has 22 heavy (non-hydrogen) atoms. The molecule has 0 bridgehead atoms. The van der Waals surface area contributed by atoms with E-state index in [2.05, 4.69) is 26.0 Å². The smallest absolute Gasteiger partial charge is 0.159 e. The van der Waals surface area contributed by atoms with Gasteiger partial charge in [-0.05, 0) is 55.0 Å². The zero-order chi connectivity index (χ0) is 15.8. The maximum absolute atomic E-state index is 12.1. The van der Waals surface area contributed by atoms with E-state index in [-0.39, 0.29) is 5.92 Å². The summed E-state index contributed by atoms with van der Waals surface area (Å²) in [6.45, 7) is 5.12. The van der Waals surface area contributed by atoms with Crippen LogP contribution in [0, 0.1) is 5.92 Å². The molecular weight excluding hydrogens is 272 g/mol. The van der Waals surface area contributed by atoms with Crippen LogP contribution in [0.5, 0.6) is 5.75 Å². The van der Waals surface area contributed by atoms with Gasteiger partial charge in [0.05, 0.1) is 6.61 Å². The Bertz CT molecular complexity index is 499. The molecule has 2 heteroatoms. The zero-order valence-electron chi connectivity index (χ0n) is 13.9. The molecule has 2 nitrogen and oxygen atoms in total. The van der Waals surface area contributed by atoms with Gasteiger partial charge in [-0.25, -0.2) is 0 Å². The Labute approximate surface area is 134 Å². The van der Waals surface area contributed by atoms with Gasteiger partial charge in [-0.2, -0.15) is 0 Å². The van der Waals surface area contributed by atoms with Crippen molar-refractivity contribution in [1.29, 1.82) is 0 Å². The van der Waals surface area contributed by atoms with E-state index in [0.717, 1.165) is 50.0 Å². The second-order valence-corrected chi connectivity index (χ2v) is 6.18. The average Bonchev–Trinajstić information content (AvgIpc) is 2.54. The third-order valence-corrected chi connectivity index (χ3v) is 4.36. The number of carbonyl (C=O) groups excluding carboxylic acids is 1. The first-order valence-corrected chi connectivity index (χ1v) is 8.72. The number of hydrogen-bond donors (Lipinski definition) is 0. The second-order valence-electron chi connectivity index (χ2n) is 6.18. The van der Waals surface area contributed by atoms with Crippen molar-refractivity contribution >= 4 is 11.4 Å². The van der Waals surface area contributed by atoms with Crippen LogP contribution in [0.1, 0.15) is 64.4 Å². The van der Waals surface area contributed by atoms with E-state index in [0.29, 0.717) is 5.78 Å². The lowest BCUT2D eigenvalue weighted by molar-refractivity contribution is -0.118. The number of unbranched alkanes of at least 4 members (excludes halogenated alkanes) is 2. The SMILES string of the molecule is CCCCCOc1ccc(C2=CC(=O)C(CCC)CC2)cc1. The van der Waals surface area contributed by atoms with Gasteiger partial charge in [0, 0.05) is 5.92 Å². The molecule has 0 spiro atoms. The van der Waals surface area contributed by atoms with Gasteiger partial charge in [0.15, 0.2) is 5.78 Å². The first-order valence-electron chi connectivity index (χ1n) is 8.72. The third kappa shape index (κ3) is 4.72. The summed E-state index contributed by atoms with van der Waals surface area (Å²) in [7, 11) is 0. The molecule has 0 radical (unpaired) electrons. The fourth-order valence-corrected chi connectivity index (χ4v) is 3.00. The zero-order valence-corrected chi connectivity index (χ0v) is 13.9. The monoisotopic (exact) mass is 300 g/mol. The van der Waals surface area contributed by atoms with Crippen LogP contribution in [0.2, 0.25) is 0 Å². The lowest BCUT2D eigenvalue weighted by Crippen LogP contribution is -2.16. The first kappa shape index (κ1) is 16.8. The maximum atomic E-state index is 12.1. The largest absolute Gasteiger partial charge is 0.494 e. The van der Waals surface area contributed by atoms with Gasteiger partial charge >= 0.3 is 0 Å². The van der Waals surface area contributed by atoms with Gasteiger partial charge in [0.2, 0.25) is 0 Å². The summed E-state index contributed by atoms with van der Waals surface area (Å²) in [5, 5.41) is 0. The summed E-state index contributed by atoms with van der Waals surface area (Å²) < 4.78 is 5.73. The molecule has 120 valence electrons. The number of benzene rings is 1. The van der Waals surface area contributed by atoms with Crippen LogP contribution in [0.3, 0.4) is 0 Å². The van der Waals surface area contributed by atoms with Crippen LogP contribution < -0.4 is 4.74 Å². The predicted octanol–water partition coefficient (Wildman–Crippen LogP) is 5.42. The van der Waals surface area contributed by atoms with Crippen molar-refractivity contribution < 1.29 is 9.53 Å². The highest BCUT2D eigenvalue weighted by atomic mass is 16.5. The van der Waals surface area contributed by atoms with Crippen molar-refractivity contribution in [2.75, 3.05) is 6.61 Å². The molecule has 1 unspecified atom stereocenters. The number of rotatable bonds is 8. The molecule has 0 N–H and O–H groups in total. The molecule has 0 heterocycles. The fourth-order valence-electron chi connectivity index (χ4n) is 3.00. The Balaban J connectivity index is 1.93. The van der Waals surface area contributed by atoms with Gasteiger partial charge in [-0.1, -0.05) is 45.2 Å². The Hall–Kier alpha value is -1.57. The van der Waals surface area contributed by atoms with E-state index < -0.39 is 0 Å². The number of carbonyl (C=O) groups is 1. The van der Waals surface area contributed by atoms with Gasteiger partial charge in [0.1, 0.15) is 5.75 Å². The minimum absolute atomic E-state index is 0.245. The Morgan fingerprint density at radius 3 is 2.50 bits per heavy atom. The maximum Gasteiger partial charge on any atom is 0.159 e. The molecule has 0 saturated heterocycles. The molecule has 1 aliphatic rings. The quantitative estimate of drug-likeness (QED) is 0.599. The highest BCUT2D eigenvalue weighted by Gasteiger charge is 2.21. The summed E-state index contributed by atoms with van der Waals surface area (Å²) >= 11 is 0. The third-order valence-electron chi connectivity index (χ3n) is 4.36. The molecule has 0 saturated carbocycles. The van der Waals surface area contributed by atoms with E-state index in [9.17, 15) is 4.79 Å². The highest BCUT2D eigenvalue weighted by Crippen LogP contribution is 2.31. The Morgan fingerprint density at radius 1 is 1.09 bits per heavy atom. The summed E-state index contributed by atoms with van der Waals surface area (Å²) in [6, 6.07) is 8.19. The van der Waals surface area contributed by atoms with Crippen molar-refractivity contribution in [2.24, 2.45) is 5.92 Å². The van der Waals surface area contributed by atoms with Gasteiger partial charge in [0.25, 0.3) is 0 Å². The van der Waals surface area contributed by atoms with E-state index in [1.54, 1.807) is 0 Å². The molecule has 0 aromatic heterocycles. The van der Waals surface area contributed by atoms with E-state index in [1.165, 1.54) is 18.4 Å². The minimum atomic E-state index is 0.245. The van der Waals surface area contributed by atoms with Crippen LogP contribution in [-0.4, -0.2) is 12.4 Å². The molecule has 1 aromatic carbocycles. The second kappa shape index (κ2) is 8.77. The fraction of sp³-hybridized carbons (Fsp3) is 0.550. The van der Waals surface area contributed by atoms with Gasteiger partial charge < -0.3 is 4.74 Å². The minimum Gasteiger partial charge on any atom is -0.494 e. The Kier molecular flexibility index (Phi) is 6.70. The normalized spacial score (nSPS) is 18.2. The molecule has 1 aromatic rings. The van der Waals surface area contributed by atoms with Crippen molar-refractivity contribution in [2.45, 2.75) is 58.8 Å². The van der Waals surface area contributed by atoms with Crippen molar-refractivity contribution in [3.8, 4) is 5.75 Å². The molecule has 0 amide bonds. The van der Waals surface area contributed by atoms with Crippen LogP contribution in [0.4, 0.5) is 0 Å². The number of allylic oxidation sites excluding steroid dienone is 2. The molecule has 1 aliphatic carbocycles. The van der Waals surface area contributed by atoms with Crippen LogP contribution in [0.25, 0.3) is 5.57 Å². The highest BCUT2D eigenvalue weighted by molar-refractivity contribution is 5.99. The summed E-state index contributed by atoms with van der Waals surface area (Å²) in [5.74, 6) is 1.48. The van der Waals surface area contributed by atoms with Crippen LogP contribution >= 0.6 is 0 Å². The number of hydrogen-bond acceptors (Lipinski definition) is 2. The Morgan fingerprint density at radius 2 is 1.86 bits per heavy atom. The topological polar surface area (TPSA) is 26.3 Å².